The number of anilines is 2. The standard InChI is InChI=1S/C15H25N3O/c1-4-6-11(3)18-14-8-7-12(16)10-13(14)15(19)17-9-5-2/h7-8,10-11,18H,4-6,9,16H2,1-3H3,(H,17,19)/t11-/m0/s1. The van der Waals surface area contributed by atoms with Gasteiger partial charge in [-0.3, -0.25) is 4.79 Å². The van der Waals surface area contributed by atoms with Gasteiger partial charge in [0.15, 0.2) is 0 Å². The minimum atomic E-state index is -0.0691. The van der Waals surface area contributed by atoms with Crippen LogP contribution in [0.5, 0.6) is 0 Å². The van der Waals surface area contributed by atoms with Gasteiger partial charge in [0.25, 0.3) is 5.91 Å². The van der Waals surface area contributed by atoms with E-state index in [9.17, 15) is 4.79 Å². The minimum absolute atomic E-state index is 0.0691. The molecule has 0 aliphatic heterocycles. The Bertz CT molecular complexity index is 418. The van der Waals surface area contributed by atoms with Crippen LogP contribution in [0.25, 0.3) is 0 Å². The third-order valence-corrected chi connectivity index (χ3v) is 2.95. The van der Waals surface area contributed by atoms with Crippen LogP contribution in [0, 0.1) is 0 Å². The fourth-order valence-electron chi connectivity index (χ4n) is 1.98. The maximum absolute atomic E-state index is 12.1. The molecule has 1 aromatic rings. The van der Waals surface area contributed by atoms with Gasteiger partial charge in [-0.2, -0.15) is 0 Å². The lowest BCUT2D eigenvalue weighted by atomic mass is 10.1. The highest BCUT2D eigenvalue weighted by atomic mass is 16.1. The Morgan fingerprint density at radius 2 is 2.05 bits per heavy atom. The van der Waals surface area contributed by atoms with Gasteiger partial charge >= 0.3 is 0 Å². The van der Waals surface area contributed by atoms with Gasteiger partial charge in [-0.25, -0.2) is 0 Å². The first-order valence-electron chi connectivity index (χ1n) is 7.02. The molecule has 0 unspecified atom stereocenters. The summed E-state index contributed by atoms with van der Waals surface area (Å²) >= 11 is 0. The third kappa shape index (κ3) is 4.81. The molecular formula is C15H25N3O. The molecule has 4 nitrogen and oxygen atoms in total. The molecule has 4 heteroatoms. The van der Waals surface area contributed by atoms with Gasteiger partial charge in [0, 0.05) is 24.0 Å². The van der Waals surface area contributed by atoms with Crippen molar-refractivity contribution in [1.29, 1.82) is 0 Å². The van der Waals surface area contributed by atoms with Gasteiger partial charge in [-0.15, -0.1) is 0 Å². The lowest BCUT2D eigenvalue weighted by molar-refractivity contribution is 0.0954. The van der Waals surface area contributed by atoms with Crippen molar-refractivity contribution >= 4 is 17.3 Å². The molecule has 0 saturated heterocycles. The summed E-state index contributed by atoms with van der Waals surface area (Å²) in [6, 6.07) is 5.76. The number of carbonyl (C=O) groups excluding carboxylic acids is 1. The van der Waals surface area contributed by atoms with E-state index < -0.39 is 0 Å². The molecule has 0 saturated carbocycles. The lowest BCUT2D eigenvalue weighted by Crippen LogP contribution is -2.26. The van der Waals surface area contributed by atoms with Gasteiger partial charge in [0.05, 0.1) is 5.56 Å². The summed E-state index contributed by atoms with van der Waals surface area (Å²) in [5.41, 5.74) is 7.85. The van der Waals surface area contributed by atoms with Gasteiger partial charge in [-0.05, 0) is 38.0 Å². The number of nitrogens with two attached hydrogens (primary N) is 1. The number of nitrogens with one attached hydrogen (secondary N) is 2. The fourth-order valence-corrected chi connectivity index (χ4v) is 1.98. The first kappa shape index (κ1) is 15.3. The van der Waals surface area contributed by atoms with Crippen molar-refractivity contribution in [3.8, 4) is 0 Å². The Morgan fingerprint density at radius 1 is 1.32 bits per heavy atom. The van der Waals surface area contributed by atoms with Crippen LogP contribution < -0.4 is 16.4 Å². The topological polar surface area (TPSA) is 67.2 Å². The van der Waals surface area contributed by atoms with E-state index in [1.165, 1.54) is 0 Å². The van der Waals surface area contributed by atoms with Crippen molar-refractivity contribution in [1.82, 2.24) is 5.32 Å². The summed E-state index contributed by atoms with van der Waals surface area (Å²) in [6.07, 6.45) is 3.10. The second-order valence-corrected chi connectivity index (χ2v) is 4.89. The predicted octanol–water partition coefficient (Wildman–Crippen LogP) is 3.01. The lowest BCUT2D eigenvalue weighted by Gasteiger charge is -2.17. The maximum Gasteiger partial charge on any atom is 0.253 e. The Kier molecular flexibility index (Phi) is 6.19. The van der Waals surface area contributed by atoms with Crippen LogP contribution in [-0.4, -0.2) is 18.5 Å². The summed E-state index contributed by atoms with van der Waals surface area (Å²) in [4.78, 5) is 12.1. The average Bonchev–Trinajstić information content (AvgIpc) is 2.38. The molecule has 0 bridgehead atoms. The highest BCUT2D eigenvalue weighted by Crippen LogP contribution is 2.20. The molecule has 19 heavy (non-hydrogen) atoms. The maximum atomic E-state index is 12.1. The molecule has 0 heterocycles. The molecule has 4 N–H and O–H groups in total. The molecule has 0 fully saturated rings. The number of amides is 1. The van der Waals surface area contributed by atoms with Crippen LogP contribution in [0.2, 0.25) is 0 Å². The molecule has 1 atom stereocenters. The molecule has 0 spiro atoms. The molecule has 0 aliphatic carbocycles. The Hall–Kier alpha value is -1.71. The fraction of sp³-hybridized carbons (Fsp3) is 0.533. The summed E-state index contributed by atoms with van der Waals surface area (Å²) in [5, 5.41) is 6.27. The van der Waals surface area contributed by atoms with Crippen molar-refractivity contribution in [2.45, 2.75) is 46.1 Å². The second kappa shape index (κ2) is 7.67. The summed E-state index contributed by atoms with van der Waals surface area (Å²) in [5.74, 6) is -0.0691. The largest absolute Gasteiger partial charge is 0.399 e. The highest BCUT2D eigenvalue weighted by Gasteiger charge is 2.12. The highest BCUT2D eigenvalue weighted by molar-refractivity contribution is 6.00. The molecule has 1 amide bonds. The minimum Gasteiger partial charge on any atom is -0.399 e. The smallest absolute Gasteiger partial charge is 0.253 e. The van der Waals surface area contributed by atoms with E-state index in [-0.39, 0.29) is 5.91 Å². The van der Waals surface area contributed by atoms with Crippen molar-refractivity contribution in [2.75, 3.05) is 17.6 Å². The first-order valence-corrected chi connectivity index (χ1v) is 7.02. The van der Waals surface area contributed by atoms with Crippen molar-refractivity contribution in [3.63, 3.8) is 0 Å². The normalized spacial score (nSPS) is 11.9. The van der Waals surface area contributed by atoms with Gasteiger partial charge in [0.1, 0.15) is 0 Å². The van der Waals surface area contributed by atoms with Crippen LogP contribution in [-0.2, 0) is 0 Å². The molecule has 0 radical (unpaired) electrons. The Balaban J connectivity index is 2.87. The van der Waals surface area contributed by atoms with Gasteiger partial charge in [0.2, 0.25) is 0 Å². The zero-order valence-electron chi connectivity index (χ0n) is 12.1. The Labute approximate surface area is 115 Å². The molecule has 1 aromatic carbocycles. The first-order chi connectivity index (χ1) is 9.08. The number of rotatable bonds is 7. The molecule has 106 valence electrons. The van der Waals surface area contributed by atoms with Crippen molar-refractivity contribution < 1.29 is 4.79 Å². The molecule has 0 aliphatic rings. The number of nitrogen functional groups attached to an aromatic ring is 1. The molecular weight excluding hydrogens is 238 g/mol. The number of hydrogen-bond donors (Lipinski definition) is 3. The monoisotopic (exact) mass is 263 g/mol. The average molecular weight is 263 g/mol. The number of benzene rings is 1. The van der Waals surface area contributed by atoms with Crippen LogP contribution in [0.1, 0.15) is 50.4 Å². The van der Waals surface area contributed by atoms with E-state index in [0.717, 1.165) is 24.9 Å². The van der Waals surface area contributed by atoms with Crippen LogP contribution in [0.3, 0.4) is 0 Å². The van der Waals surface area contributed by atoms with Gasteiger partial charge < -0.3 is 16.4 Å². The number of carbonyl (C=O) groups is 1. The van der Waals surface area contributed by atoms with E-state index in [2.05, 4.69) is 24.5 Å². The van der Waals surface area contributed by atoms with E-state index in [4.69, 9.17) is 5.73 Å². The predicted molar refractivity (Wildman–Crippen MR) is 81.5 cm³/mol. The van der Waals surface area contributed by atoms with E-state index in [1.54, 1.807) is 6.07 Å². The van der Waals surface area contributed by atoms with Gasteiger partial charge in [-0.1, -0.05) is 20.3 Å². The SMILES string of the molecule is CCCNC(=O)c1cc(N)ccc1N[C@@H](C)CCC. The van der Waals surface area contributed by atoms with Crippen LogP contribution in [0.15, 0.2) is 18.2 Å². The van der Waals surface area contributed by atoms with Crippen LogP contribution in [0.4, 0.5) is 11.4 Å². The van der Waals surface area contributed by atoms with E-state index in [0.29, 0.717) is 23.8 Å². The summed E-state index contributed by atoms with van der Waals surface area (Å²) < 4.78 is 0. The zero-order chi connectivity index (χ0) is 14.3. The third-order valence-electron chi connectivity index (χ3n) is 2.95. The van der Waals surface area contributed by atoms with Crippen molar-refractivity contribution in [2.24, 2.45) is 0 Å². The van der Waals surface area contributed by atoms with Crippen LogP contribution >= 0.6 is 0 Å². The quantitative estimate of drug-likeness (QED) is 0.662. The van der Waals surface area contributed by atoms with E-state index in [1.807, 2.05) is 19.1 Å². The van der Waals surface area contributed by atoms with E-state index >= 15 is 0 Å². The second-order valence-electron chi connectivity index (χ2n) is 4.89. The summed E-state index contributed by atoms with van der Waals surface area (Å²) in [6.45, 7) is 6.98. The number of hydrogen-bond acceptors (Lipinski definition) is 3. The molecule has 0 aromatic heterocycles. The Morgan fingerprint density at radius 3 is 2.68 bits per heavy atom. The van der Waals surface area contributed by atoms with Crippen molar-refractivity contribution in [3.05, 3.63) is 23.8 Å². The molecule has 1 rings (SSSR count). The zero-order valence-corrected chi connectivity index (χ0v) is 12.1. The summed E-state index contributed by atoms with van der Waals surface area (Å²) in [7, 11) is 0.